The number of hydrogen-bond acceptors (Lipinski definition) is 8. The molecule has 14 nitrogen and oxygen atoms in total. The first kappa shape index (κ1) is 39.9. The Morgan fingerprint density at radius 2 is 1.29 bits per heavy atom. The largest absolute Gasteiger partial charge is 0.453 e. The maximum Gasteiger partial charge on any atom is 0.407 e. The molecule has 0 saturated carbocycles. The van der Waals surface area contributed by atoms with Crippen molar-refractivity contribution in [1.82, 2.24) is 40.4 Å². The molecule has 5 aromatic rings. The molecular weight excluding hydrogens is 737 g/mol. The van der Waals surface area contributed by atoms with E-state index in [1.807, 2.05) is 44.7 Å². The van der Waals surface area contributed by atoms with Crippen LogP contribution in [0.25, 0.3) is 32.9 Å². The van der Waals surface area contributed by atoms with Gasteiger partial charge in [-0.1, -0.05) is 57.9 Å². The van der Waals surface area contributed by atoms with Crippen LogP contribution in [0, 0.1) is 23.7 Å². The number of methoxy groups -OCH3 is 2. The number of nitrogens with zero attached hydrogens (tertiary/aromatic N) is 4. The molecule has 2 saturated heterocycles. The molecule has 58 heavy (non-hydrogen) atoms. The van der Waals surface area contributed by atoms with Crippen LogP contribution in [0.2, 0.25) is 0 Å². The number of alkyl carbamates (subject to hydrolysis) is 2. The Bertz CT molecular complexity index is 2410. The summed E-state index contributed by atoms with van der Waals surface area (Å²) in [7, 11) is 2.57. The van der Waals surface area contributed by atoms with Crippen LogP contribution >= 0.6 is 0 Å². The van der Waals surface area contributed by atoms with Gasteiger partial charge in [-0.2, -0.15) is 0 Å². The molecule has 3 aromatic carbocycles. The van der Waals surface area contributed by atoms with E-state index in [1.54, 1.807) is 11.1 Å². The zero-order chi connectivity index (χ0) is 41.1. The van der Waals surface area contributed by atoms with Gasteiger partial charge in [-0.3, -0.25) is 9.59 Å². The number of aromatic amines is 2. The minimum Gasteiger partial charge on any atom is -0.453 e. The van der Waals surface area contributed by atoms with Crippen molar-refractivity contribution in [3.8, 4) is 23.0 Å². The first-order chi connectivity index (χ1) is 27.9. The van der Waals surface area contributed by atoms with Crippen LogP contribution in [0.4, 0.5) is 9.59 Å². The lowest BCUT2D eigenvalue weighted by atomic mass is 9.99. The lowest BCUT2D eigenvalue weighted by molar-refractivity contribution is -0.136. The van der Waals surface area contributed by atoms with Crippen LogP contribution < -0.4 is 10.6 Å². The average Bonchev–Trinajstić information content (AvgIpc) is 4.06. The van der Waals surface area contributed by atoms with Crippen LogP contribution in [-0.2, 0) is 19.1 Å². The van der Waals surface area contributed by atoms with Crippen LogP contribution in [-0.4, -0.2) is 93.1 Å². The van der Waals surface area contributed by atoms with Gasteiger partial charge in [0.2, 0.25) is 11.8 Å². The van der Waals surface area contributed by atoms with Crippen molar-refractivity contribution in [3.63, 3.8) is 0 Å². The van der Waals surface area contributed by atoms with E-state index in [2.05, 4.69) is 79.9 Å². The van der Waals surface area contributed by atoms with Gasteiger partial charge in [-0.05, 0) is 95.7 Å². The fourth-order valence-corrected chi connectivity index (χ4v) is 7.96. The van der Waals surface area contributed by atoms with Crippen LogP contribution in [0.15, 0.2) is 60.8 Å². The quantitative estimate of drug-likeness (QED) is 0.121. The van der Waals surface area contributed by atoms with Gasteiger partial charge < -0.3 is 39.9 Å². The van der Waals surface area contributed by atoms with Gasteiger partial charge in [0, 0.05) is 18.7 Å². The number of rotatable bonds is 9. The summed E-state index contributed by atoms with van der Waals surface area (Å²) in [5.41, 5.74) is 5.30. The van der Waals surface area contributed by atoms with Gasteiger partial charge in [0.1, 0.15) is 29.4 Å². The summed E-state index contributed by atoms with van der Waals surface area (Å²) in [6.07, 6.45) is 3.65. The highest BCUT2D eigenvalue weighted by atomic mass is 16.5. The maximum atomic E-state index is 13.6. The number of H-pyrrole nitrogens is 2. The number of amides is 4. The number of fused-ring (bicyclic) bond motifs is 2. The molecular formula is C44H50N8O6. The highest BCUT2D eigenvalue weighted by molar-refractivity contribution is 5.91. The third kappa shape index (κ3) is 8.34. The Kier molecular flexibility index (Phi) is 11.7. The number of hydrogen-bond donors (Lipinski definition) is 4. The maximum absolute atomic E-state index is 13.6. The molecule has 0 radical (unpaired) electrons. The Labute approximate surface area is 337 Å². The summed E-state index contributed by atoms with van der Waals surface area (Å²) in [6, 6.07) is 16.8. The molecule has 2 aliphatic heterocycles. The van der Waals surface area contributed by atoms with Crippen LogP contribution in [0.5, 0.6) is 0 Å². The molecule has 4 heterocycles. The van der Waals surface area contributed by atoms with Crippen molar-refractivity contribution >= 4 is 45.8 Å². The van der Waals surface area contributed by atoms with Crippen molar-refractivity contribution in [2.45, 2.75) is 77.5 Å². The van der Waals surface area contributed by atoms with Crippen molar-refractivity contribution in [1.29, 1.82) is 0 Å². The zero-order valence-corrected chi connectivity index (χ0v) is 33.7. The molecule has 0 aliphatic carbocycles. The van der Waals surface area contributed by atoms with Crippen molar-refractivity contribution < 1.29 is 28.7 Å². The number of imidazole rings is 2. The van der Waals surface area contributed by atoms with Crippen molar-refractivity contribution in [2.24, 2.45) is 11.8 Å². The summed E-state index contributed by atoms with van der Waals surface area (Å²) in [6.45, 7) is 8.76. The van der Waals surface area contributed by atoms with Crippen LogP contribution in [0.3, 0.4) is 0 Å². The predicted octanol–water partition coefficient (Wildman–Crippen LogP) is 6.59. The summed E-state index contributed by atoms with van der Waals surface area (Å²) in [4.78, 5) is 70.9. The Hall–Kier alpha value is -6.36. The minimum atomic E-state index is -0.698. The first-order valence-corrected chi connectivity index (χ1v) is 19.8. The van der Waals surface area contributed by atoms with E-state index in [0.717, 1.165) is 70.0 Å². The molecule has 7 rings (SSSR count). The van der Waals surface area contributed by atoms with Crippen molar-refractivity contribution in [3.05, 3.63) is 83.7 Å². The lowest BCUT2D eigenvalue weighted by Crippen LogP contribution is -2.51. The third-order valence-electron chi connectivity index (χ3n) is 11.1. The monoisotopic (exact) mass is 786 g/mol. The number of aromatic nitrogens is 4. The highest BCUT2D eigenvalue weighted by Crippen LogP contribution is 2.35. The first-order valence-electron chi connectivity index (χ1n) is 19.8. The smallest absolute Gasteiger partial charge is 0.407 e. The molecule has 4 atom stereocenters. The van der Waals surface area contributed by atoms with E-state index in [9.17, 15) is 19.2 Å². The third-order valence-corrected chi connectivity index (χ3v) is 11.1. The predicted molar refractivity (Wildman–Crippen MR) is 219 cm³/mol. The summed E-state index contributed by atoms with van der Waals surface area (Å²) >= 11 is 0. The SMILES string of the molecule is COC(=O)N[C@H](C(=O)N1CCC[C@H]1c1ncc(C#Cc2ccc3cc(-c4ccc5nc([C@@H]6CCCN6C(=O)[C@@H](NC(=O)OC)C(C)C)[nH]c5c4)ccc3c2)[nH]1)C(C)C. The molecule has 0 spiro atoms. The number of carbonyl (C=O) groups is 4. The normalized spacial score (nSPS) is 17.7. The number of carbonyl (C=O) groups excluding carboxylic acids is 4. The average molecular weight is 787 g/mol. The zero-order valence-electron chi connectivity index (χ0n) is 33.7. The van der Waals surface area contributed by atoms with Crippen molar-refractivity contribution in [2.75, 3.05) is 27.3 Å². The Morgan fingerprint density at radius 1 is 0.724 bits per heavy atom. The van der Waals surface area contributed by atoms with Gasteiger partial charge in [0.25, 0.3) is 0 Å². The molecule has 302 valence electrons. The van der Waals surface area contributed by atoms with E-state index in [0.29, 0.717) is 24.6 Å². The molecule has 14 heteroatoms. The van der Waals surface area contributed by atoms with E-state index in [-0.39, 0.29) is 35.7 Å². The van der Waals surface area contributed by atoms with Gasteiger partial charge in [0.05, 0.1) is 43.5 Å². The second-order valence-corrected chi connectivity index (χ2v) is 15.7. The number of benzene rings is 3. The summed E-state index contributed by atoms with van der Waals surface area (Å²) in [5.74, 6) is 7.34. The molecule has 2 aromatic heterocycles. The molecule has 2 fully saturated rings. The highest BCUT2D eigenvalue weighted by Gasteiger charge is 2.39. The van der Waals surface area contributed by atoms with Crippen LogP contribution in [0.1, 0.15) is 88.4 Å². The molecule has 0 bridgehead atoms. The van der Waals surface area contributed by atoms with E-state index >= 15 is 0 Å². The van der Waals surface area contributed by atoms with E-state index < -0.39 is 24.3 Å². The van der Waals surface area contributed by atoms with Gasteiger partial charge >= 0.3 is 12.2 Å². The molecule has 0 unspecified atom stereocenters. The fraction of sp³-hybridized carbons (Fsp3) is 0.409. The summed E-state index contributed by atoms with van der Waals surface area (Å²) < 4.78 is 9.52. The molecule has 4 amide bonds. The second-order valence-electron chi connectivity index (χ2n) is 15.7. The fourth-order valence-electron chi connectivity index (χ4n) is 7.96. The lowest BCUT2D eigenvalue weighted by Gasteiger charge is -2.29. The van der Waals surface area contributed by atoms with Gasteiger partial charge in [-0.15, -0.1) is 0 Å². The Balaban J connectivity index is 1.04. The number of likely N-dealkylation sites (tertiary alicyclic amines) is 2. The number of ether oxygens (including phenoxy) is 2. The molecule has 4 N–H and O–H groups in total. The second kappa shape index (κ2) is 17.0. The Morgan fingerprint density at radius 3 is 1.91 bits per heavy atom. The molecule has 2 aliphatic rings. The standard InChI is InChI=1S/C44H50N8O6/c1-25(2)37(49-43(55)57-5)41(53)51-19-7-9-35(51)39-45-24-32(46-39)17-12-27-11-13-29-22-30(15-14-28(29)21-27)31-16-18-33-34(23-31)48-40(47-33)36-10-8-20-52(36)42(54)38(26(3)4)50-44(56)58-6/h11,13-16,18,21-26,35-38H,7-10,19-20H2,1-6H3,(H,45,46)(H,47,48)(H,49,55)(H,50,56)/t35-,36-,37-,38-/m0/s1. The van der Waals surface area contributed by atoms with Gasteiger partial charge in [0.15, 0.2) is 0 Å². The summed E-state index contributed by atoms with van der Waals surface area (Å²) in [5, 5.41) is 7.52. The van der Waals surface area contributed by atoms with E-state index in [4.69, 9.17) is 14.5 Å². The number of nitrogens with one attached hydrogen (secondary N) is 4. The minimum absolute atomic E-state index is 0.110. The van der Waals surface area contributed by atoms with Gasteiger partial charge in [-0.25, -0.2) is 19.6 Å². The topological polar surface area (TPSA) is 175 Å². The van der Waals surface area contributed by atoms with E-state index in [1.165, 1.54) is 14.2 Å².